The maximum Gasteiger partial charge on any atom is 0.222 e. The van der Waals surface area contributed by atoms with Crippen molar-refractivity contribution in [2.45, 2.75) is 19.3 Å². The first kappa shape index (κ1) is 14.4. The Morgan fingerprint density at radius 3 is 2.84 bits per heavy atom. The van der Waals surface area contributed by atoms with Gasteiger partial charge < -0.3 is 10.2 Å². The average Bonchev–Trinajstić information content (AvgIpc) is 2.87. The molecular weight excluding hydrogens is 260 g/mol. The van der Waals surface area contributed by atoms with Crippen LogP contribution >= 0.6 is 11.6 Å². The van der Waals surface area contributed by atoms with Gasteiger partial charge in [-0.05, 0) is 50.0 Å². The predicted octanol–water partition coefficient (Wildman–Crippen LogP) is 2.34. The summed E-state index contributed by atoms with van der Waals surface area (Å²) in [5, 5.41) is 3.92. The molecule has 1 heterocycles. The fourth-order valence-corrected chi connectivity index (χ4v) is 2.70. The first-order valence-electron chi connectivity index (χ1n) is 6.86. The van der Waals surface area contributed by atoms with Crippen molar-refractivity contribution >= 4 is 17.5 Å². The fourth-order valence-electron chi connectivity index (χ4n) is 2.57. The topological polar surface area (TPSA) is 32.3 Å². The number of carbonyl (C=O) groups excluding carboxylic acids is 1. The first-order chi connectivity index (χ1) is 9.19. The molecule has 1 aromatic carbocycles. The number of benzene rings is 1. The molecule has 1 aliphatic rings. The molecule has 1 fully saturated rings. The van der Waals surface area contributed by atoms with Crippen molar-refractivity contribution in [3.63, 3.8) is 0 Å². The number of hydrogen-bond donors (Lipinski definition) is 1. The van der Waals surface area contributed by atoms with E-state index in [9.17, 15) is 4.79 Å². The summed E-state index contributed by atoms with van der Waals surface area (Å²) in [5.74, 6) is 0.887. The van der Waals surface area contributed by atoms with E-state index in [4.69, 9.17) is 11.6 Å². The summed E-state index contributed by atoms with van der Waals surface area (Å²) >= 11 is 5.84. The predicted molar refractivity (Wildman–Crippen MR) is 78.4 cm³/mol. The van der Waals surface area contributed by atoms with Crippen molar-refractivity contribution < 1.29 is 4.79 Å². The largest absolute Gasteiger partial charge is 0.342 e. The molecule has 3 nitrogen and oxygen atoms in total. The van der Waals surface area contributed by atoms with Crippen LogP contribution in [0.2, 0.25) is 5.02 Å². The van der Waals surface area contributed by atoms with Crippen LogP contribution < -0.4 is 5.32 Å². The van der Waals surface area contributed by atoms with E-state index < -0.39 is 0 Å². The molecule has 4 heteroatoms. The molecule has 0 aliphatic carbocycles. The average molecular weight is 281 g/mol. The molecule has 0 saturated carbocycles. The van der Waals surface area contributed by atoms with Crippen LogP contribution in [0.4, 0.5) is 0 Å². The molecule has 1 saturated heterocycles. The van der Waals surface area contributed by atoms with Crippen molar-refractivity contribution in [1.29, 1.82) is 0 Å². The highest BCUT2D eigenvalue weighted by Gasteiger charge is 2.25. The molecule has 0 aromatic heterocycles. The number of carbonyl (C=O) groups is 1. The summed E-state index contributed by atoms with van der Waals surface area (Å²) in [5.41, 5.74) is 1.17. The van der Waals surface area contributed by atoms with Crippen LogP contribution in [0.3, 0.4) is 0 Å². The van der Waals surface area contributed by atoms with Gasteiger partial charge in [-0.1, -0.05) is 23.7 Å². The van der Waals surface area contributed by atoms with Crippen molar-refractivity contribution in [3.8, 4) is 0 Å². The second-order valence-electron chi connectivity index (χ2n) is 5.18. The summed E-state index contributed by atoms with van der Waals surface area (Å²) in [6.45, 7) is 2.81. The molecule has 0 radical (unpaired) electrons. The summed E-state index contributed by atoms with van der Waals surface area (Å²) in [6, 6.07) is 7.73. The minimum Gasteiger partial charge on any atom is -0.342 e. The van der Waals surface area contributed by atoms with E-state index in [-0.39, 0.29) is 5.91 Å². The number of hydrogen-bond acceptors (Lipinski definition) is 2. The highest BCUT2D eigenvalue weighted by atomic mass is 35.5. The third-order valence-electron chi connectivity index (χ3n) is 3.67. The van der Waals surface area contributed by atoms with Gasteiger partial charge in [0.1, 0.15) is 0 Å². The van der Waals surface area contributed by atoms with Crippen molar-refractivity contribution in [3.05, 3.63) is 34.9 Å². The first-order valence-corrected chi connectivity index (χ1v) is 7.23. The second-order valence-corrected chi connectivity index (χ2v) is 5.62. The zero-order chi connectivity index (χ0) is 13.7. The summed E-state index contributed by atoms with van der Waals surface area (Å²) in [6.07, 6.45) is 2.50. The van der Waals surface area contributed by atoms with Gasteiger partial charge in [-0.2, -0.15) is 0 Å². The molecule has 0 bridgehead atoms. The molecule has 1 amide bonds. The molecule has 1 aliphatic heterocycles. The minimum absolute atomic E-state index is 0.272. The van der Waals surface area contributed by atoms with Crippen molar-refractivity contribution in [2.24, 2.45) is 5.92 Å². The number of likely N-dealkylation sites (tertiary alicyclic amines) is 1. The third-order valence-corrected chi connectivity index (χ3v) is 3.92. The highest BCUT2D eigenvalue weighted by Crippen LogP contribution is 2.17. The number of rotatable bonds is 5. The Bertz CT molecular complexity index is 419. The van der Waals surface area contributed by atoms with Gasteiger partial charge in [0.15, 0.2) is 0 Å². The van der Waals surface area contributed by atoms with E-state index in [1.807, 2.05) is 36.2 Å². The zero-order valence-electron chi connectivity index (χ0n) is 11.4. The van der Waals surface area contributed by atoms with Crippen LogP contribution in [-0.4, -0.2) is 37.5 Å². The lowest BCUT2D eigenvalue weighted by Crippen LogP contribution is -2.30. The Hall–Kier alpha value is -1.06. The van der Waals surface area contributed by atoms with Crippen LogP contribution in [0.15, 0.2) is 24.3 Å². The SMILES string of the molecule is CNCC1CCN(C(=O)CCc2ccc(Cl)cc2)C1. The Kier molecular flexibility index (Phi) is 5.23. The van der Waals surface area contributed by atoms with E-state index in [0.29, 0.717) is 12.3 Å². The van der Waals surface area contributed by atoms with Gasteiger partial charge in [-0.25, -0.2) is 0 Å². The number of nitrogens with zero attached hydrogens (tertiary/aromatic N) is 1. The summed E-state index contributed by atoms with van der Waals surface area (Å²) in [7, 11) is 1.96. The fraction of sp³-hybridized carbons (Fsp3) is 0.533. The van der Waals surface area contributed by atoms with E-state index in [1.54, 1.807) is 0 Å². The molecule has 1 unspecified atom stereocenters. The Morgan fingerprint density at radius 2 is 2.16 bits per heavy atom. The maximum atomic E-state index is 12.1. The normalized spacial score (nSPS) is 18.8. The van der Waals surface area contributed by atoms with Crippen molar-refractivity contribution in [1.82, 2.24) is 10.2 Å². The molecule has 1 N–H and O–H groups in total. The van der Waals surface area contributed by atoms with Crippen LogP contribution in [-0.2, 0) is 11.2 Å². The van der Waals surface area contributed by atoms with E-state index in [2.05, 4.69) is 5.32 Å². The van der Waals surface area contributed by atoms with Gasteiger partial charge in [0.2, 0.25) is 5.91 Å². The van der Waals surface area contributed by atoms with Gasteiger partial charge >= 0.3 is 0 Å². The summed E-state index contributed by atoms with van der Waals surface area (Å²) < 4.78 is 0. The highest BCUT2D eigenvalue weighted by molar-refractivity contribution is 6.30. The van der Waals surface area contributed by atoms with Gasteiger partial charge in [-0.3, -0.25) is 4.79 Å². The van der Waals surface area contributed by atoms with Crippen LogP contribution in [0.25, 0.3) is 0 Å². The Balaban J connectivity index is 1.77. The van der Waals surface area contributed by atoms with E-state index in [1.165, 1.54) is 5.56 Å². The van der Waals surface area contributed by atoms with E-state index >= 15 is 0 Å². The van der Waals surface area contributed by atoms with Crippen LogP contribution in [0, 0.1) is 5.92 Å². The smallest absolute Gasteiger partial charge is 0.222 e. The summed E-state index contributed by atoms with van der Waals surface area (Å²) in [4.78, 5) is 14.1. The van der Waals surface area contributed by atoms with Gasteiger partial charge in [-0.15, -0.1) is 0 Å². The lowest BCUT2D eigenvalue weighted by atomic mass is 10.1. The minimum atomic E-state index is 0.272. The molecule has 0 spiro atoms. The number of nitrogens with one attached hydrogen (secondary N) is 1. The maximum absolute atomic E-state index is 12.1. The molecular formula is C15H21ClN2O. The Morgan fingerprint density at radius 1 is 1.42 bits per heavy atom. The second kappa shape index (κ2) is 6.92. The quantitative estimate of drug-likeness (QED) is 0.898. The molecule has 19 heavy (non-hydrogen) atoms. The standard InChI is InChI=1S/C15H21ClN2O/c1-17-10-13-8-9-18(11-13)15(19)7-4-12-2-5-14(16)6-3-12/h2-3,5-6,13,17H,4,7-11H2,1H3. The van der Waals surface area contributed by atoms with Crippen LogP contribution in [0.5, 0.6) is 0 Å². The van der Waals surface area contributed by atoms with E-state index in [0.717, 1.165) is 37.5 Å². The zero-order valence-corrected chi connectivity index (χ0v) is 12.1. The van der Waals surface area contributed by atoms with Crippen LogP contribution in [0.1, 0.15) is 18.4 Å². The number of aryl methyl sites for hydroxylation is 1. The Labute approximate surface area is 119 Å². The van der Waals surface area contributed by atoms with Gasteiger partial charge in [0, 0.05) is 24.5 Å². The van der Waals surface area contributed by atoms with Gasteiger partial charge in [0.05, 0.1) is 0 Å². The molecule has 2 rings (SSSR count). The third kappa shape index (κ3) is 4.22. The molecule has 1 aromatic rings. The lowest BCUT2D eigenvalue weighted by Gasteiger charge is -2.16. The molecule has 1 atom stereocenters. The van der Waals surface area contributed by atoms with Gasteiger partial charge in [0.25, 0.3) is 0 Å². The number of halogens is 1. The van der Waals surface area contributed by atoms with Crippen molar-refractivity contribution in [2.75, 3.05) is 26.7 Å². The lowest BCUT2D eigenvalue weighted by molar-refractivity contribution is -0.130. The molecule has 104 valence electrons. The monoisotopic (exact) mass is 280 g/mol. The number of amides is 1.